The van der Waals surface area contributed by atoms with E-state index in [0.29, 0.717) is 31.8 Å². The maximum atomic E-state index is 12.6. The highest BCUT2D eigenvalue weighted by Crippen LogP contribution is 2.29. The van der Waals surface area contributed by atoms with Gasteiger partial charge in [0.1, 0.15) is 18.2 Å². The molecular formula is C16H27N5O3. The van der Waals surface area contributed by atoms with E-state index in [1.807, 2.05) is 18.7 Å². The lowest BCUT2D eigenvalue weighted by Gasteiger charge is -2.42. The second-order valence-electron chi connectivity index (χ2n) is 6.34. The van der Waals surface area contributed by atoms with Crippen molar-refractivity contribution >= 4 is 11.8 Å². The average Bonchev–Trinajstić information content (AvgIpc) is 2.90. The zero-order valence-corrected chi connectivity index (χ0v) is 15.0. The van der Waals surface area contributed by atoms with Crippen molar-refractivity contribution in [3.8, 4) is 0 Å². The SMILES string of the molecule is CNC(=O)CC[C@]1(OC)CCCN(C(=O)Cn2nc(C)nc2C)C1. The maximum absolute atomic E-state index is 12.6. The second kappa shape index (κ2) is 7.74. The Hall–Kier alpha value is -1.96. The van der Waals surface area contributed by atoms with Gasteiger partial charge in [0.25, 0.3) is 0 Å². The molecule has 1 saturated heterocycles. The third-order valence-electron chi connectivity index (χ3n) is 4.66. The van der Waals surface area contributed by atoms with Crippen LogP contribution in [-0.2, 0) is 20.9 Å². The zero-order chi connectivity index (χ0) is 17.7. The fraction of sp³-hybridized carbons (Fsp3) is 0.750. The molecule has 1 aromatic rings. The van der Waals surface area contributed by atoms with Gasteiger partial charge in [-0.2, -0.15) is 5.10 Å². The molecule has 0 aromatic carbocycles. The molecule has 1 atom stereocenters. The number of hydrogen-bond acceptors (Lipinski definition) is 5. The van der Waals surface area contributed by atoms with Crippen molar-refractivity contribution in [3.63, 3.8) is 0 Å². The normalized spacial score (nSPS) is 20.9. The van der Waals surface area contributed by atoms with E-state index in [0.717, 1.165) is 18.7 Å². The van der Waals surface area contributed by atoms with E-state index in [1.165, 1.54) is 0 Å². The molecule has 0 unspecified atom stereocenters. The number of amides is 2. The second-order valence-corrected chi connectivity index (χ2v) is 6.34. The van der Waals surface area contributed by atoms with Crippen LogP contribution in [0.5, 0.6) is 0 Å². The number of nitrogens with zero attached hydrogens (tertiary/aromatic N) is 4. The van der Waals surface area contributed by atoms with Crippen molar-refractivity contribution in [1.82, 2.24) is 25.0 Å². The van der Waals surface area contributed by atoms with E-state index in [4.69, 9.17) is 4.74 Å². The Morgan fingerprint density at radius 2 is 2.12 bits per heavy atom. The van der Waals surface area contributed by atoms with Crippen molar-refractivity contribution in [2.45, 2.75) is 51.7 Å². The smallest absolute Gasteiger partial charge is 0.244 e. The van der Waals surface area contributed by atoms with E-state index < -0.39 is 5.60 Å². The van der Waals surface area contributed by atoms with Crippen LogP contribution in [0.1, 0.15) is 37.3 Å². The first-order valence-electron chi connectivity index (χ1n) is 8.31. The molecule has 1 N–H and O–H groups in total. The van der Waals surface area contributed by atoms with E-state index >= 15 is 0 Å². The standard InChI is InChI=1S/C16H27N5O3/c1-12-18-13(2)21(19-12)10-15(23)20-9-5-7-16(11-20,24-4)8-6-14(22)17-3/h5-11H2,1-4H3,(H,17,22)/t16-/m1/s1. The molecule has 8 nitrogen and oxygen atoms in total. The van der Waals surface area contributed by atoms with Crippen LogP contribution < -0.4 is 5.32 Å². The molecule has 0 bridgehead atoms. The van der Waals surface area contributed by atoms with Crippen molar-refractivity contribution in [1.29, 1.82) is 0 Å². The predicted molar refractivity (Wildman–Crippen MR) is 88.4 cm³/mol. The first-order valence-corrected chi connectivity index (χ1v) is 8.31. The Morgan fingerprint density at radius 3 is 2.71 bits per heavy atom. The Morgan fingerprint density at radius 1 is 1.38 bits per heavy atom. The van der Waals surface area contributed by atoms with Crippen LogP contribution in [0, 0.1) is 13.8 Å². The quantitative estimate of drug-likeness (QED) is 0.813. The molecule has 0 saturated carbocycles. The largest absolute Gasteiger partial charge is 0.376 e. The predicted octanol–water partition coefficient (Wildman–Crippen LogP) is 0.429. The lowest BCUT2D eigenvalue weighted by Crippen LogP contribution is -2.52. The molecule has 1 aromatic heterocycles. The molecule has 1 aliphatic rings. The van der Waals surface area contributed by atoms with Crippen LogP contribution >= 0.6 is 0 Å². The number of likely N-dealkylation sites (tertiary alicyclic amines) is 1. The summed E-state index contributed by atoms with van der Waals surface area (Å²) in [5.41, 5.74) is -0.451. The number of piperidine rings is 1. The highest BCUT2D eigenvalue weighted by molar-refractivity contribution is 5.76. The molecule has 1 fully saturated rings. The molecule has 0 radical (unpaired) electrons. The van der Waals surface area contributed by atoms with Gasteiger partial charge in [-0.15, -0.1) is 0 Å². The van der Waals surface area contributed by atoms with E-state index in [-0.39, 0.29) is 18.4 Å². The Kier molecular flexibility index (Phi) is 5.93. The van der Waals surface area contributed by atoms with Gasteiger partial charge in [0.15, 0.2) is 0 Å². The summed E-state index contributed by atoms with van der Waals surface area (Å²) in [5.74, 6) is 1.39. The highest BCUT2D eigenvalue weighted by Gasteiger charge is 2.37. The molecule has 134 valence electrons. The van der Waals surface area contributed by atoms with Crippen LogP contribution in [0.15, 0.2) is 0 Å². The topological polar surface area (TPSA) is 89.4 Å². The van der Waals surface area contributed by atoms with Crippen LogP contribution in [0.3, 0.4) is 0 Å². The molecule has 2 amide bonds. The number of carbonyl (C=O) groups excluding carboxylic acids is 2. The molecular weight excluding hydrogens is 310 g/mol. The van der Waals surface area contributed by atoms with Gasteiger partial charge in [-0.1, -0.05) is 0 Å². The van der Waals surface area contributed by atoms with Crippen molar-refractivity contribution in [2.75, 3.05) is 27.2 Å². The van der Waals surface area contributed by atoms with Crippen LogP contribution in [-0.4, -0.2) is 64.3 Å². The van der Waals surface area contributed by atoms with Crippen LogP contribution in [0.25, 0.3) is 0 Å². The lowest BCUT2D eigenvalue weighted by molar-refractivity contribution is -0.142. The van der Waals surface area contributed by atoms with Crippen molar-refractivity contribution in [3.05, 3.63) is 11.6 Å². The van der Waals surface area contributed by atoms with Gasteiger partial charge in [-0.3, -0.25) is 9.59 Å². The maximum Gasteiger partial charge on any atom is 0.244 e. The van der Waals surface area contributed by atoms with Gasteiger partial charge in [0, 0.05) is 33.7 Å². The first-order chi connectivity index (χ1) is 11.4. The van der Waals surface area contributed by atoms with Gasteiger partial charge in [-0.05, 0) is 33.1 Å². The Labute approximate surface area is 142 Å². The fourth-order valence-corrected chi connectivity index (χ4v) is 3.19. The third-order valence-corrected chi connectivity index (χ3v) is 4.66. The minimum Gasteiger partial charge on any atom is -0.376 e. The number of ether oxygens (including phenoxy) is 1. The first kappa shape index (κ1) is 18.4. The number of aryl methyl sites for hydroxylation is 2. The van der Waals surface area contributed by atoms with Gasteiger partial charge in [-0.25, -0.2) is 9.67 Å². The lowest BCUT2D eigenvalue weighted by atomic mass is 9.87. The molecule has 0 aliphatic carbocycles. The van der Waals surface area contributed by atoms with Gasteiger partial charge < -0.3 is 15.0 Å². The summed E-state index contributed by atoms with van der Waals surface area (Å²) in [4.78, 5) is 30.2. The van der Waals surface area contributed by atoms with Gasteiger partial charge in [0.05, 0.1) is 5.60 Å². The number of aromatic nitrogens is 3. The number of rotatable bonds is 6. The van der Waals surface area contributed by atoms with Crippen LogP contribution in [0.2, 0.25) is 0 Å². The number of methoxy groups -OCH3 is 1. The minimum absolute atomic E-state index is 0.00377. The third kappa shape index (κ3) is 4.31. The number of nitrogens with one attached hydrogen (secondary N) is 1. The van der Waals surface area contributed by atoms with E-state index in [2.05, 4.69) is 15.4 Å². The number of hydrogen-bond donors (Lipinski definition) is 1. The molecule has 8 heteroatoms. The van der Waals surface area contributed by atoms with Gasteiger partial charge in [0.2, 0.25) is 11.8 Å². The summed E-state index contributed by atoms with van der Waals surface area (Å²) in [6.45, 7) is 5.04. The minimum atomic E-state index is -0.451. The molecule has 0 spiro atoms. The molecule has 2 heterocycles. The highest BCUT2D eigenvalue weighted by atomic mass is 16.5. The fourth-order valence-electron chi connectivity index (χ4n) is 3.19. The monoisotopic (exact) mass is 337 g/mol. The van der Waals surface area contributed by atoms with Crippen molar-refractivity contribution in [2.24, 2.45) is 0 Å². The molecule has 2 rings (SSSR count). The van der Waals surface area contributed by atoms with E-state index in [9.17, 15) is 9.59 Å². The summed E-state index contributed by atoms with van der Waals surface area (Å²) in [6.07, 6.45) is 2.72. The average molecular weight is 337 g/mol. The Balaban J connectivity index is 2.01. The summed E-state index contributed by atoms with van der Waals surface area (Å²) < 4.78 is 7.35. The van der Waals surface area contributed by atoms with Gasteiger partial charge >= 0.3 is 0 Å². The van der Waals surface area contributed by atoms with E-state index in [1.54, 1.807) is 18.8 Å². The summed E-state index contributed by atoms with van der Waals surface area (Å²) in [7, 11) is 3.28. The van der Waals surface area contributed by atoms with Crippen molar-refractivity contribution < 1.29 is 14.3 Å². The zero-order valence-electron chi connectivity index (χ0n) is 15.0. The number of carbonyl (C=O) groups is 2. The van der Waals surface area contributed by atoms with Crippen LogP contribution in [0.4, 0.5) is 0 Å². The Bertz CT molecular complexity index is 601. The molecule has 24 heavy (non-hydrogen) atoms. The summed E-state index contributed by atoms with van der Waals surface area (Å²) >= 11 is 0. The summed E-state index contributed by atoms with van der Waals surface area (Å²) in [5, 5.41) is 6.87. The summed E-state index contributed by atoms with van der Waals surface area (Å²) in [6, 6.07) is 0. The molecule has 1 aliphatic heterocycles.